The van der Waals surface area contributed by atoms with Crippen LogP contribution in [0.5, 0.6) is 5.75 Å². The maximum absolute atomic E-state index is 5.81. The van der Waals surface area contributed by atoms with Gasteiger partial charge in [-0.15, -0.1) is 12.4 Å². The van der Waals surface area contributed by atoms with Crippen molar-refractivity contribution in [2.45, 2.75) is 39.1 Å². The summed E-state index contributed by atoms with van der Waals surface area (Å²) in [5, 5.41) is 3.52. The highest BCUT2D eigenvalue weighted by molar-refractivity contribution is 5.85. The quantitative estimate of drug-likeness (QED) is 0.900. The van der Waals surface area contributed by atoms with Gasteiger partial charge in [0.1, 0.15) is 12.4 Å². The summed E-state index contributed by atoms with van der Waals surface area (Å²) < 4.78 is 5.81. The molecular formula is C19H26ClN3O. The van der Waals surface area contributed by atoms with Crippen LogP contribution in [0.25, 0.3) is 0 Å². The largest absolute Gasteiger partial charge is 0.489 e. The molecular weight excluding hydrogens is 322 g/mol. The number of piperazine rings is 1. The molecule has 1 aromatic carbocycles. The van der Waals surface area contributed by atoms with Crippen molar-refractivity contribution in [2.75, 3.05) is 13.1 Å². The van der Waals surface area contributed by atoms with Crippen LogP contribution in [0.3, 0.4) is 0 Å². The minimum absolute atomic E-state index is 0. The minimum Gasteiger partial charge on any atom is -0.489 e. The summed E-state index contributed by atoms with van der Waals surface area (Å²) in [6.45, 7) is 8.24. The van der Waals surface area contributed by atoms with Gasteiger partial charge in [-0.3, -0.25) is 9.88 Å². The zero-order valence-electron chi connectivity index (χ0n) is 14.3. The van der Waals surface area contributed by atoms with Crippen molar-refractivity contribution < 1.29 is 4.74 Å². The lowest BCUT2D eigenvalue weighted by Gasteiger charge is -2.37. The van der Waals surface area contributed by atoms with Gasteiger partial charge < -0.3 is 10.1 Å². The molecule has 1 aromatic heterocycles. The second-order valence-electron chi connectivity index (χ2n) is 6.38. The first-order valence-electron chi connectivity index (χ1n) is 8.29. The van der Waals surface area contributed by atoms with Gasteiger partial charge in [-0.05, 0) is 37.6 Å². The number of hydrogen-bond acceptors (Lipinski definition) is 4. The fraction of sp³-hybridized carbons (Fsp3) is 0.421. The molecule has 2 unspecified atom stereocenters. The lowest BCUT2D eigenvalue weighted by atomic mass is 10.1. The fourth-order valence-electron chi connectivity index (χ4n) is 2.89. The lowest BCUT2D eigenvalue weighted by Crippen LogP contribution is -2.53. The van der Waals surface area contributed by atoms with Gasteiger partial charge in [0.2, 0.25) is 0 Å². The summed E-state index contributed by atoms with van der Waals surface area (Å²) in [6.07, 6.45) is 3.61. The molecule has 1 N–H and O–H groups in total. The summed E-state index contributed by atoms with van der Waals surface area (Å²) in [4.78, 5) is 6.63. The number of ether oxygens (including phenoxy) is 1. The van der Waals surface area contributed by atoms with Crippen LogP contribution in [0.15, 0.2) is 48.8 Å². The SMILES string of the molecule is CC1CN(Cc2ccc(OCc3cccnc3)cc2)C(C)CN1.Cl. The van der Waals surface area contributed by atoms with Crippen molar-refractivity contribution in [1.82, 2.24) is 15.2 Å². The molecule has 0 radical (unpaired) electrons. The molecule has 3 rings (SSSR count). The van der Waals surface area contributed by atoms with E-state index in [1.54, 1.807) is 6.20 Å². The molecule has 0 aliphatic carbocycles. The Morgan fingerprint density at radius 2 is 1.96 bits per heavy atom. The Kier molecular flexibility index (Phi) is 7.03. The Morgan fingerprint density at radius 3 is 2.67 bits per heavy atom. The summed E-state index contributed by atoms with van der Waals surface area (Å²) >= 11 is 0. The summed E-state index contributed by atoms with van der Waals surface area (Å²) in [7, 11) is 0. The first-order chi connectivity index (χ1) is 11.2. The minimum atomic E-state index is 0. The summed E-state index contributed by atoms with van der Waals surface area (Å²) in [6, 6.07) is 13.5. The van der Waals surface area contributed by atoms with E-state index < -0.39 is 0 Å². The Bertz CT molecular complexity index is 606. The van der Waals surface area contributed by atoms with E-state index in [2.05, 4.69) is 53.3 Å². The third-order valence-electron chi connectivity index (χ3n) is 4.33. The predicted octanol–water partition coefficient (Wildman–Crippen LogP) is 3.26. The third kappa shape index (κ3) is 5.20. The van der Waals surface area contributed by atoms with Crippen LogP contribution in [0, 0.1) is 0 Å². The first-order valence-corrected chi connectivity index (χ1v) is 8.29. The highest BCUT2D eigenvalue weighted by Crippen LogP contribution is 2.17. The van der Waals surface area contributed by atoms with E-state index in [0.29, 0.717) is 18.7 Å². The molecule has 5 heteroatoms. The molecule has 0 saturated carbocycles. The van der Waals surface area contributed by atoms with Crippen LogP contribution in [0.2, 0.25) is 0 Å². The number of pyridine rings is 1. The van der Waals surface area contributed by atoms with Crippen molar-refractivity contribution in [3.8, 4) is 5.75 Å². The van der Waals surface area contributed by atoms with Gasteiger partial charge in [0, 0.05) is 49.7 Å². The molecule has 2 heterocycles. The van der Waals surface area contributed by atoms with Crippen LogP contribution >= 0.6 is 12.4 Å². The standard InChI is InChI=1S/C19H25N3O.ClH/c1-15-12-22(16(2)10-21-15)13-17-5-7-19(8-6-17)23-14-18-4-3-9-20-11-18;/h3-9,11,15-16,21H,10,12-14H2,1-2H3;1H. The van der Waals surface area contributed by atoms with Gasteiger partial charge in [-0.2, -0.15) is 0 Å². The van der Waals surface area contributed by atoms with Crippen molar-refractivity contribution in [1.29, 1.82) is 0 Å². The molecule has 1 aliphatic rings. The van der Waals surface area contributed by atoms with E-state index in [-0.39, 0.29) is 12.4 Å². The Hall–Kier alpha value is -1.62. The molecule has 1 aliphatic heterocycles. The number of rotatable bonds is 5. The van der Waals surface area contributed by atoms with Crippen molar-refractivity contribution >= 4 is 12.4 Å². The normalized spacial score (nSPS) is 21.1. The van der Waals surface area contributed by atoms with Crippen molar-refractivity contribution in [2.24, 2.45) is 0 Å². The Labute approximate surface area is 150 Å². The molecule has 4 nitrogen and oxygen atoms in total. The van der Waals surface area contributed by atoms with Crippen LogP contribution in [0.1, 0.15) is 25.0 Å². The van der Waals surface area contributed by atoms with Crippen LogP contribution in [-0.2, 0) is 13.2 Å². The number of halogens is 1. The third-order valence-corrected chi connectivity index (χ3v) is 4.33. The van der Waals surface area contributed by atoms with Gasteiger partial charge >= 0.3 is 0 Å². The molecule has 0 bridgehead atoms. The van der Waals surface area contributed by atoms with E-state index in [9.17, 15) is 0 Å². The monoisotopic (exact) mass is 347 g/mol. The molecule has 2 aromatic rings. The van der Waals surface area contributed by atoms with E-state index in [1.165, 1.54) is 5.56 Å². The van der Waals surface area contributed by atoms with Crippen LogP contribution in [-0.4, -0.2) is 35.1 Å². The highest BCUT2D eigenvalue weighted by atomic mass is 35.5. The van der Waals surface area contributed by atoms with Gasteiger partial charge in [-0.1, -0.05) is 18.2 Å². The van der Waals surface area contributed by atoms with E-state index in [1.807, 2.05) is 18.3 Å². The topological polar surface area (TPSA) is 37.4 Å². The smallest absolute Gasteiger partial charge is 0.119 e. The number of nitrogens with one attached hydrogen (secondary N) is 1. The summed E-state index contributed by atoms with van der Waals surface area (Å²) in [5.41, 5.74) is 2.42. The van der Waals surface area contributed by atoms with Crippen LogP contribution < -0.4 is 10.1 Å². The Balaban J connectivity index is 0.00000208. The fourth-order valence-corrected chi connectivity index (χ4v) is 2.89. The summed E-state index contributed by atoms with van der Waals surface area (Å²) in [5.74, 6) is 0.902. The molecule has 0 spiro atoms. The average Bonchev–Trinajstić information content (AvgIpc) is 2.58. The number of hydrogen-bond donors (Lipinski definition) is 1. The molecule has 2 atom stereocenters. The average molecular weight is 348 g/mol. The van der Waals surface area contributed by atoms with Crippen molar-refractivity contribution in [3.05, 3.63) is 59.9 Å². The van der Waals surface area contributed by atoms with E-state index in [4.69, 9.17) is 4.74 Å². The zero-order valence-corrected chi connectivity index (χ0v) is 15.1. The van der Waals surface area contributed by atoms with Crippen molar-refractivity contribution in [3.63, 3.8) is 0 Å². The molecule has 1 saturated heterocycles. The van der Waals surface area contributed by atoms with E-state index in [0.717, 1.165) is 30.9 Å². The number of benzene rings is 1. The van der Waals surface area contributed by atoms with Gasteiger partial charge in [0.15, 0.2) is 0 Å². The van der Waals surface area contributed by atoms with Gasteiger partial charge in [0.25, 0.3) is 0 Å². The lowest BCUT2D eigenvalue weighted by molar-refractivity contribution is 0.139. The second-order valence-corrected chi connectivity index (χ2v) is 6.38. The molecule has 1 fully saturated rings. The second kappa shape index (κ2) is 9.02. The van der Waals surface area contributed by atoms with Gasteiger partial charge in [0.05, 0.1) is 0 Å². The predicted molar refractivity (Wildman–Crippen MR) is 99.6 cm³/mol. The van der Waals surface area contributed by atoms with E-state index >= 15 is 0 Å². The van der Waals surface area contributed by atoms with Crippen LogP contribution in [0.4, 0.5) is 0 Å². The zero-order chi connectivity index (χ0) is 16.1. The maximum atomic E-state index is 5.81. The number of nitrogens with zero attached hydrogens (tertiary/aromatic N) is 2. The highest BCUT2D eigenvalue weighted by Gasteiger charge is 2.21. The van der Waals surface area contributed by atoms with Gasteiger partial charge in [-0.25, -0.2) is 0 Å². The molecule has 130 valence electrons. The first kappa shape index (κ1) is 18.7. The molecule has 24 heavy (non-hydrogen) atoms. The maximum Gasteiger partial charge on any atom is 0.119 e. The number of aromatic nitrogens is 1. The molecule has 0 amide bonds. The Morgan fingerprint density at radius 1 is 1.17 bits per heavy atom.